The minimum atomic E-state index is -0.217. The zero-order chi connectivity index (χ0) is 8.27. The summed E-state index contributed by atoms with van der Waals surface area (Å²) in [5.74, 6) is 0.542. The summed E-state index contributed by atoms with van der Waals surface area (Å²) in [5, 5.41) is 0. The van der Waals surface area contributed by atoms with Crippen molar-refractivity contribution in [2.75, 3.05) is 6.61 Å². The Morgan fingerprint density at radius 3 is 2.82 bits per heavy atom. The molecule has 0 N–H and O–H groups in total. The first-order valence-corrected chi connectivity index (χ1v) is 3.63. The molecule has 1 nitrogen and oxygen atoms in total. The van der Waals surface area contributed by atoms with Gasteiger partial charge in [-0.05, 0) is 30.6 Å². The Bertz CT molecular complexity index is 250. The van der Waals surface area contributed by atoms with Crippen molar-refractivity contribution in [3.63, 3.8) is 0 Å². The predicted molar refractivity (Wildman–Crippen MR) is 45.7 cm³/mol. The summed E-state index contributed by atoms with van der Waals surface area (Å²) >= 11 is 0. The lowest BCUT2D eigenvalue weighted by Crippen LogP contribution is -2.09. The largest absolute Gasteiger partial charge is 0.494 e. The first-order chi connectivity index (χ1) is 5.24. The Hall–Kier alpha value is -0.985. The van der Waals surface area contributed by atoms with Gasteiger partial charge in [0.15, 0.2) is 0 Å². The van der Waals surface area contributed by atoms with Crippen molar-refractivity contribution in [3.05, 3.63) is 24.0 Å². The molecule has 0 bridgehead atoms. The molecule has 0 aromatic heterocycles. The van der Waals surface area contributed by atoms with Crippen molar-refractivity contribution in [1.29, 1.82) is 0 Å². The minimum absolute atomic E-state index is 0.217. The maximum atomic E-state index is 12.5. The van der Waals surface area contributed by atoms with E-state index in [1.165, 1.54) is 12.1 Å². The summed E-state index contributed by atoms with van der Waals surface area (Å²) in [5.41, 5.74) is 0.840. The van der Waals surface area contributed by atoms with Crippen molar-refractivity contribution in [2.45, 2.75) is 6.92 Å². The fourth-order valence-corrected chi connectivity index (χ4v) is 0.930. The zero-order valence-electron chi connectivity index (χ0n) is 6.73. The van der Waals surface area contributed by atoms with Crippen LogP contribution in [0.3, 0.4) is 0 Å². The molecule has 0 aliphatic carbocycles. The van der Waals surface area contributed by atoms with Gasteiger partial charge in [-0.15, -0.1) is 0 Å². The second-order valence-electron chi connectivity index (χ2n) is 2.34. The lowest BCUT2D eigenvalue weighted by Gasteiger charge is -2.05. The minimum Gasteiger partial charge on any atom is -0.494 e. The Kier molecular flexibility index (Phi) is 2.52. The molecule has 0 spiro atoms. The maximum absolute atomic E-state index is 12.5. The molecule has 0 amide bonds. The van der Waals surface area contributed by atoms with Crippen molar-refractivity contribution in [3.8, 4) is 5.75 Å². The van der Waals surface area contributed by atoms with Crippen LogP contribution in [0.4, 0.5) is 4.39 Å². The van der Waals surface area contributed by atoms with Gasteiger partial charge in [-0.25, -0.2) is 4.39 Å². The van der Waals surface area contributed by atoms with Gasteiger partial charge in [0.2, 0.25) is 0 Å². The summed E-state index contributed by atoms with van der Waals surface area (Å²) in [6.07, 6.45) is 0. The standard InChI is InChI=1S/C8H10BFO/c1-2-11-8-4-3-6(10)5-7(8)9/h3-5H,2,9H2,1H3. The Balaban J connectivity index is 2.90. The average Bonchev–Trinajstić information content (AvgIpc) is 1.95. The van der Waals surface area contributed by atoms with Crippen LogP contribution in [-0.4, -0.2) is 14.5 Å². The normalized spacial score (nSPS) is 9.64. The van der Waals surface area contributed by atoms with E-state index in [0.717, 1.165) is 11.2 Å². The highest BCUT2D eigenvalue weighted by atomic mass is 19.1. The van der Waals surface area contributed by atoms with Gasteiger partial charge in [0.05, 0.1) is 6.61 Å². The fraction of sp³-hybridized carbons (Fsp3) is 0.250. The predicted octanol–water partition coefficient (Wildman–Crippen LogP) is 0.483. The number of halogens is 1. The van der Waals surface area contributed by atoms with Crippen LogP contribution in [-0.2, 0) is 0 Å². The topological polar surface area (TPSA) is 9.23 Å². The number of hydrogen-bond donors (Lipinski definition) is 0. The molecule has 0 unspecified atom stereocenters. The molecule has 58 valence electrons. The van der Waals surface area contributed by atoms with E-state index < -0.39 is 0 Å². The summed E-state index contributed by atoms with van der Waals surface area (Å²) in [7, 11) is 1.83. The first-order valence-electron chi connectivity index (χ1n) is 3.63. The average molecular weight is 152 g/mol. The third-order valence-corrected chi connectivity index (χ3v) is 1.44. The molecule has 0 atom stereocenters. The fourth-order valence-electron chi connectivity index (χ4n) is 0.930. The van der Waals surface area contributed by atoms with E-state index in [-0.39, 0.29) is 5.82 Å². The van der Waals surface area contributed by atoms with Crippen LogP contribution in [0.25, 0.3) is 0 Å². The summed E-state index contributed by atoms with van der Waals surface area (Å²) in [4.78, 5) is 0. The van der Waals surface area contributed by atoms with Crippen LogP contribution in [0.2, 0.25) is 0 Å². The number of ether oxygens (including phenoxy) is 1. The first kappa shape index (κ1) is 8.11. The third kappa shape index (κ3) is 1.97. The lowest BCUT2D eigenvalue weighted by atomic mass is 9.95. The molecule has 1 aromatic rings. The summed E-state index contributed by atoms with van der Waals surface area (Å²) in [6.45, 7) is 2.52. The van der Waals surface area contributed by atoms with Crippen LogP contribution < -0.4 is 10.2 Å². The molecular weight excluding hydrogens is 142 g/mol. The third-order valence-electron chi connectivity index (χ3n) is 1.44. The Morgan fingerprint density at radius 2 is 2.27 bits per heavy atom. The monoisotopic (exact) mass is 152 g/mol. The van der Waals surface area contributed by atoms with E-state index in [2.05, 4.69) is 0 Å². The highest BCUT2D eigenvalue weighted by Gasteiger charge is 1.98. The van der Waals surface area contributed by atoms with Crippen molar-refractivity contribution < 1.29 is 9.13 Å². The van der Waals surface area contributed by atoms with E-state index in [9.17, 15) is 4.39 Å². The van der Waals surface area contributed by atoms with E-state index in [1.807, 2.05) is 14.8 Å². The summed E-state index contributed by atoms with van der Waals surface area (Å²) in [6, 6.07) is 4.51. The molecule has 0 saturated heterocycles. The molecule has 0 radical (unpaired) electrons. The molecule has 3 heteroatoms. The van der Waals surface area contributed by atoms with Gasteiger partial charge in [0, 0.05) is 0 Å². The van der Waals surface area contributed by atoms with Crippen molar-refractivity contribution in [1.82, 2.24) is 0 Å². The second kappa shape index (κ2) is 3.42. The number of rotatable bonds is 2. The molecule has 0 aliphatic rings. The van der Waals surface area contributed by atoms with Crippen LogP contribution >= 0.6 is 0 Å². The molecule has 1 aromatic carbocycles. The van der Waals surface area contributed by atoms with E-state index in [1.54, 1.807) is 6.07 Å². The van der Waals surface area contributed by atoms with Gasteiger partial charge < -0.3 is 4.74 Å². The number of hydrogen-bond acceptors (Lipinski definition) is 1. The molecule has 1 rings (SSSR count). The zero-order valence-corrected chi connectivity index (χ0v) is 6.73. The molecule has 0 heterocycles. The van der Waals surface area contributed by atoms with E-state index in [0.29, 0.717) is 6.61 Å². The number of benzene rings is 1. The van der Waals surface area contributed by atoms with Crippen LogP contribution in [0.5, 0.6) is 5.75 Å². The van der Waals surface area contributed by atoms with Gasteiger partial charge in [-0.3, -0.25) is 0 Å². The van der Waals surface area contributed by atoms with Gasteiger partial charge >= 0.3 is 0 Å². The Morgan fingerprint density at radius 1 is 1.55 bits per heavy atom. The van der Waals surface area contributed by atoms with Gasteiger partial charge in [0.1, 0.15) is 19.4 Å². The smallest absolute Gasteiger partial charge is 0.144 e. The molecule has 0 saturated carbocycles. The summed E-state index contributed by atoms with van der Waals surface area (Å²) < 4.78 is 17.8. The molecule has 11 heavy (non-hydrogen) atoms. The molecular formula is C8H10BFO. The maximum Gasteiger partial charge on any atom is 0.144 e. The lowest BCUT2D eigenvalue weighted by molar-refractivity contribution is 0.342. The Labute approximate surface area is 66.6 Å². The van der Waals surface area contributed by atoms with Crippen molar-refractivity contribution in [2.24, 2.45) is 0 Å². The van der Waals surface area contributed by atoms with Crippen LogP contribution in [0.1, 0.15) is 6.92 Å². The van der Waals surface area contributed by atoms with Crippen molar-refractivity contribution >= 4 is 13.3 Å². The molecule has 0 fully saturated rings. The highest BCUT2D eigenvalue weighted by Crippen LogP contribution is 2.06. The van der Waals surface area contributed by atoms with Crippen LogP contribution in [0.15, 0.2) is 18.2 Å². The van der Waals surface area contributed by atoms with E-state index in [4.69, 9.17) is 4.74 Å². The second-order valence-corrected chi connectivity index (χ2v) is 2.34. The SMILES string of the molecule is Bc1cc(F)ccc1OCC. The highest BCUT2D eigenvalue weighted by molar-refractivity contribution is 6.34. The van der Waals surface area contributed by atoms with Crippen LogP contribution in [0, 0.1) is 5.82 Å². The van der Waals surface area contributed by atoms with Gasteiger partial charge in [-0.2, -0.15) is 0 Å². The quantitative estimate of drug-likeness (QED) is 0.560. The van der Waals surface area contributed by atoms with E-state index >= 15 is 0 Å². The van der Waals surface area contributed by atoms with Gasteiger partial charge in [0.25, 0.3) is 0 Å². The molecule has 0 aliphatic heterocycles. The van der Waals surface area contributed by atoms with Gasteiger partial charge in [-0.1, -0.05) is 0 Å².